The fourth-order valence-corrected chi connectivity index (χ4v) is 7.42. The summed E-state index contributed by atoms with van der Waals surface area (Å²) in [5.74, 6) is -2.37. The van der Waals surface area contributed by atoms with Crippen molar-refractivity contribution in [3.05, 3.63) is 0 Å². The predicted molar refractivity (Wildman–Crippen MR) is 107 cm³/mol. The van der Waals surface area contributed by atoms with Gasteiger partial charge < -0.3 is 14.6 Å². The molecule has 3 atom stereocenters. The fourth-order valence-electron chi connectivity index (χ4n) is 3.78. The van der Waals surface area contributed by atoms with E-state index in [-0.39, 0.29) is 25.0 Å². The normalized spacial score (nSPS) is 26.7. The van der Waals surface area contributed by atoms with Crippen LogP contribution in [0.15, 0.2) is 0 Å². The molecular formula is C17H30O5S3. The molecule has 1 aliphatic carbocycles. The largest absolute Gasteiger partial charge is 0.465 e. The molecule has 1 fully saturated rings. The summed E-state index contributed by atoms with van der Waals surface area (Å²) in [5.41, 5.74) is -0.980. The Labute approximate surface area is 163 Å². The number of aliphatic hydroxyl groups is 1. The summed E-state index contributed by atoms with van der Waals surface area (Å²) in [4.78, 5) is 24.9. The van der Waals surface area contributed by atoms with Crippen LogP contribution in [0.25, 0.3) is 0 Å². The van der Waals surface area contributed by atoms with Crippen molar-refractivity contribution in [2.45, 2.75) is 42.6 Å². The molecule has 3 unspecified atom stereocenters. The number of rotatable bonds is 9. The van der Waals surface area contributed by atoms with Gasteiger partial charge in [-0.15, -0.1) is 35.3 Å². The molecule has 1 aliphatic rings. The molecule has 0 radical (unpaired) electrons. The molecule has 1 saturated carbocycles. The first-order valence-corrected chi connectivity index (χ1v) is 12.1. The van der Waals surface area contributed by atoms with Crippen LogP contribution >= 0.6 is 35.3 Å². The Morgan fingerprint density at radius 3 is 1.88 bits per heavy atom. The van der Waals surface area contributed by atoms with Gasteiger partial charge in [0.2, 0.25) is 0 Å². The zero-order valence-corrected chi connectivity index (χ0v) is 18.3. The number of carbonyl (C=O) groups excluding carboxylic acids is 2. The van der Waals surface area contributed by atoms with Gasteiger partial charge in [-0.3, -0.25) is 9.59 Å². The molecule has 0 amide bonds. The minimum atomic E-state index is -0.980. The van der Waals surface area contributed by atoms with E-state index in [0.29, 0.717) is 12.8 Å². The van der Waals surface area contributed by atoms with Crippen LogP contribution < -0.4 is 0 Å². The quantitative estimate of drug-likeness (QED) is 0.353. The highest BCUT2D eigenvalue weighted by atomic mass is 32.3. The third kappa shape index (κ3) is 4.62. The number of hydrogen-bond donors (Lipinski definition) is 1. The maximum atomic E-state index is 12.4. The van der Waals surface area contributed by atoms with Gasteiger partial charge in [0.05, 0.1) is 18.8 Å². The molecule has 146 valence electrons. The van der Waals surface area contributed by atoms with E-state index in [0.717, 1.165) is 0 Å². The molecule has 0 spiro atoms. The third-order valence-electron chi connectivity index (χ3n) is 4.85. The topological polar surface area (TPSA) is 72.8 Å². The van der Waals surface area contributed by atoms with Gasteiger partial charge in [0, 0.05) is 0 Å². The second-order valence-electron chi connectivity index (χ2n) is 6.23. The van der Waals surface area contributed by atoms with Crippen LogP contribution in [0.5, 0.6) is 0 Å². The average Bonchev–Trinajstić information content (AvgIpc) is 2.86. The van der Waals surface area contributed by atoms with Crippen molar-refractivity contribution in [3.63, 3.8) is 0 Å². The van der Waals surface area contributed by atoms with Gasteiger partial charge in [0.25, 0.3) is 0 Å². The average molecular weight is 411 g/mol. The van der Waals surface area contributed by atoms with E-state index in [2.05, 4.69) is 0 Å². The molecule has 0 saturated heterocycles. The highest BCUT2D eigenvalue weighted by Gasteiger charge is 2.59. The monoisotopic (exact) mass is 410 g/mol. The molecule has 0 heterocycles. The van der Waals surface area contributed by atoms with E-state index in [1.807, 2.05) is 25.7 Å². The van der Waals surface area contributed by atoms with Crippen molar-refractivity contribution in [1.82, 2.24) is 0 Å². The van der Waals surface area contributed by atoms with E-state index in [1.54, 1.807) is 49.1 Å². The first kappa shape index (κ1) is 23.0. The van der Waals surface area contributed by atoms with E-state index in [4.69, 9.17) is 9.47 Å². The lowest BCUT2D eigenvalue weighted by Crippen LogP contribution is -2.46. The number of thioether (sulfide) groups is 3. The lowest BCUT2D eigenvalue weighted by molar-refractivity contribution is -0.165. The van der Waals surface area contributed by atoms with Crippen molar-refractivity contribution in [2.75, 3.05) is 32.0 Å². The molecule has 0 bridgehead atoms. The molecule has 0 aromatic carbocycles. The highest BCUT2D eigenvalue weighted by molar-refractivity contribution is 8.33. The van der Waals surface area contributed by atoms with Crippen molar-refractivity contribution in [1.29, 1.82) is 0 Å². The third-order valence-corrected chi connectivity index (χ3v) is 10.6. The maximum Gasteiger partial charge on any atom is 0.320 e. The zero-order chi connectivity index (χ0) is 19.3. The first-order valence-electron chi connectivity index (χ1n) is 8.46. The van der Waals surface area contributed by atoms with Gasteiger partial charge in [0.1, 0.15) is 3.41 Å². The van der Waals surface area contributed by atoms with Gasteiger partial charge >= 0.3 is 11.9 Å². The van der Waals surface area contributed by atoms with E-state index >= 15 is 0 Å². The molecule has 0 aromatic heterocycles. The summed E-state index contributed by atoms with van der Waals surface area (Å²) in [7, 11) is 0. The SMILES string of the molecule is CCOC(=O)C(C(=O)OCC)C1CC(O)(C(SC)(SC)SC)CC1C. The minimum absolute atomic E-state index is 0.00892. The molecule has 1 rings (SSSR count). The molecular weight excluding hydrogens is 380 g/mol. The second kappa shape index (κ2) is 9.76. The Balaban J connectivity index is 3.17. The van der Waals surface area contributed by atoms with Crippen molar-refractivity contribution in [2.24, 2.45) is 17.8 Å². The van der Waals surface area contributed by atoms with Crippen LogP contribution in [0.2, 0.25) is 0 Å². The van der Waals surface area contributed by atoms with Gasteiger partial charge in [0.15, 0.2) is 5.92 Å². The summed E-state index contributed by atoms with van der Waals surface area (Å²) in [5, 5.41) is 11.4. The van der Waals surface area contributed by atoms with Crippen molar-refractivity contribution < 1.29 is 24.2 Å². The molecule has 5 nitrogen and oxygen atoms in total. The Bertz CT molecular complexity index is 443. The van der Waals surface area contributed by atoms with Crippen LogP contribution in [0.4, 0.5) is 0 Å². The maximum absolute atomic E-state index is 12.4. The van der Waals surface area contributed by atoms with Crippen molar-refractivity contribution >= 4 is 47.2 Å². The molecule has 25 heavy (non-hydrogen) atoms. The second-order valence-corrected chi connectivity index (χ2v) is 10.1. The fraction of sp³-hybridized carbons (Fsp3) is 0.882. The standard InChI is InChI=1S/C17H30O5S3/c1-7-21-14(18)13(15(19)22-8-2)12-10-16(20,9-11(12)3)17(23-4,24-5)25-6/h11-13,20H,7-10H2,1-6H3. The summed E-state index contributed by atoms with van der Waals surface area (Å²) in [6.45, 7) is 5.85. The molecule has 8 heteroatoms. The first-order chi connectivity index (χ1) is 11.8. The summed E-state index contributed by atoms with van der Waals surface area (Å²) in [6.07, 6.45) is 6.86. The Hall–Kier alpha value is -0.0500. The lowest BCUT2D eigenvalue weighted by Gasteiger charge is -2.42. The van der Waals surface area contributed by atoms with Gasteiger partial charge in [-0.1, -0.05) is 6.92 Å². The minimum Gasteiger partial charge on any atom is -0.465 e. The molecule has 0 aliphatic heterocycles. The Morgan fingerprint density at radius 1 is 1.08 bits per heavy atom. The van der Waals surface area contributed by atoms with Gasteiger partial charge in [-0.05, 0) is 57.3 Å². The number of ether oxygens (including phenoxy) is 2. The Morgan fingerprint density at radius 2 is 1.52 bits per heavy atom. The van der Waals surface area contributed by atoms with Crippen LogP contribution in [-0.4, -0.2) is 58.0 Å². The summed E-state index contributed by atoms with van der Waals surface area (Å²) >= 11 is 4.83. The highest BCUT2D eigenvalue weighted by Crippen LogP contribution is 2.60. The van der Waals surface area contributed by atoms with Crippen molar-refractivity contribution in [3.8, 4) is 0 Å². The summed E-state index contributed by atoms with van der Waals surface area (Å²) < 4.78 is 9.82. The van der Waals surface area contributed by atoms with E-state index in [1.165, 1.54) is 0 Å². The molecule has 0 aromatic rings. The Kier molecular flexibility index (Phi) is 8.98. The van der Waals surface area contributed by atoms with E-state index in [9.17, 15) is 14.7 Å². The predicted octanol–water partition coefficient (Wildman–Crippen LogP) is 3.25. The van der Waals surface area contributed by atoms with Crippen LogP contribution in [0.1, 0.15) is 33.6 Å². The smallest absolute Gasteiger partial charge is 0.320 e. The number of esters is 2. The summed E-state index contributed by atoms with van der Waals surface area (Å²) in [6, 6.07) is 0. The van der Waals surface area contributed by atoms with E-state index < -0.39 is 26.9 Å². The van der Waals surface area contributed by atoms with Gasteiger partial charge in [-0.2, -0.15) is 0 Å². The van der Waals surface area contributed by atoms with Crippen LogP contribution in [-0.2, 0) is 19.1 Å². The van der Waals surface area contributed by atoms with Gasteiger partial charge in [-0.25, -0.2) is 0 Å². The molecule has 1 N–H and O–H groups in total. The van der Waals surface area contributed by atoms with Crippen LogP contribution in [0.3, 0.4) is 0 Å². The van der Waals surface area contributed by atoms with Crippen LogP contribution in [0, 0.1) is 17.8 Å². The zero-order valence-electron chi connectivity index (χ0n) is 15.9. The number of hydrogen-bond acceptors (Lipinski definition) is 8. The number of carbonyl (C=O) groups is 2. The lowest BCUT2D eigenvalue weighted by atomic mass is 9.84.